The highest BCUT2D eigenvalue weighted by molar-refractivity contribution is 6.33. The van der Waals surface area contributed by atoms with Gasteiger partial charge in [-0.3, -0.25) is 9.59 Å². The molecular formula is C32H36ClN3O2. The third-order valence-electron chi connectivity index (χ3n) is 8.09. The molecule has 0 spiro atoms. The number of rotatable bonds is 6. The number of halogens is 1. The van der Waals surface area contributed by atoms with Crippen LogP contribution in [0.2, 0.25) is 5.02 Å². The number of carbonyl (C=O) groups excluding carboxylic acids is 2. The average molecular weight is 530 g/mol. The molecular weight excluding hydrogens is 494 g/mol. The highest BCUT2D eigenvalue weighted by Crippen LogP contribution is 2.39. The minimum atomic E-state index is -0.389. The monoisotopic (exact) mass is 529 g/mol. The first-order valence-electron chi connectivity index (χ1n) is 13.7. The third-order valence-corrected chi connectivity index (χ3v) is 8.42. The van der Waals surface area contributed by atoms with Crippen LogP contribution in [0.25, 0.3) is 0 Å². The van der Waals surface area contributed by atoms with Crippen molar-refractivity contribution in [2.24, 2.45) is 5.92 Å². The number of aryl methyl sites for hydroxylation is 2. The molecule has 2 N–H and O–H groups in total. The number of amides is 2. The Bertz CT molecular complexity index is 1300. The molecule has 0 bridgehead atoms. The molecule has 3 aromatic rings. The van der Waals surface area contributed by atoms with Crippen molar-refractivity contribution in [2.45, 2.75) is 64.5 Å². The van der Waals surface area contributed by atoms with E-state index in [0.717, 1.165) is 28.9 Å². The molecule has 198 valence electrons. The number of benzene rings is 3. The maximum atomic E-state index is 13.8. The van der Waals surface area contributed by atoms with Crippen molar-refractivity contribution in [3.05, 3.63) is 94.0 Å². The van der Waals surface area contributed by atoms with E-state index in [1.807, 2.05) is 42.2 Å². The topological polar surface area (TPSA) is 61.4 Å². The van der Waals surface area contributed by atoms with Crippen LogP contribution in [0.1, 0.15) is 71.6 Å². The van der Waals surface area contributed by atoms with Crippen LogP contribution in [0, 0.1) is 19.8 Å². The van der Waals surface area contributed by atoms with Gasteiger partial charge in [0.05, 0.1) is 22.5 Å². The van der Waals surface area contributed by atoms with Crippen molar-refractivity contribution in [1.29, 1.82) is 0 Å². The molecule has 1 aliphatic heterocycles. The molecule has 0 aromatic heterocycles. The van der Waals surface area contributed by atoms with Gasteiger partial charge in [-0.1, -0.05) is 54.8 Å². The largest absolute Gasteiger partial charge is 0.382 e. The molecule has 5 rings (SSSR count). The summed E-state index contributed by atoms with van der Waals surface area (Å²) in [5, 5.41) is 7.20. The highest BCUT2D eigenvalue weighted by Gasteiger charge is 2.40. The van der Waals surface area contributed by atoms with E-state index < -0.39 is 0 Å². The first-order chi connectivity index (χ1) is 18.4. The van der Waals surface area contributed by atoms with E-state index in [1.165, 1.54) is 31.2 Å². The summed E-state index contributed by atoms with van der Waals surface area (Å²) in [6.07, 6.45) is 6.40. The molecule has 2 aliphatic rings. The lowest BCUT2D eigenvalue weighted by molar-refractivity contribution is -0.123. The van der Waals surface area contributed by atoms with Crippen molar-refractivity contribution in [3.8, 4) is 0 Å². The summed E-state index contributed by atoms with van der Waals surface area (Å²) in [6, 6.07) is 21.5. The number of hydrogen-bond acceptors (Lipinski definition) is 3. The van der Waals surface area contributed by atoms with Crippen molar-refractivity contribution in [2.75, 3.05) is 17.2 Å². The Labute approximate surface area is 230 Å². The predicted molar refractivity (Wildman–Crippen MR) is 155 cm³/mol. The molecule has 1 unspecified atom stereocenters. The van der Waals surface area contributed by atoms with Gasteiger partial charge in [0, 0.05) is 24.0 Å². The zero-order valence-corrected chi connectivity index (χ0v) is 22.9. The number of hydrogen-bond donors (Lipinski definition) is 2. The predicted octanol–water partition coefficient (Wildman–Crippen LogP) is 7.54. The van der Waals surface area contributed by atoms with Crippen LogP contribution in [0.3, 0.4) is 0 Å². The number of likely N-dealkylation sites (tertiary alicyclic amines) is 1. The van der Waals surface area contributed by atoms with Gasteiger partial charge < -0.3 is 15.5 Å². The van der Waals surface area contributed by atoms with E-state index >= 15 is 0 Å². The van der Waals surface area contributed by atoms with E-state index in [-0.39, 0.29) is 23.8 Å². The van der Waals surface area contributed by atoms with Crippen molar-refractivity contribution >= 4 is 34.8 Å². The zero-order valence-electron chi connectivity index (χ0n) is 22.2. The lowest BCUT2D eigenvalue weighted by atomic mass is 9.83. The average Bonchev–Trinajstić information content (AvgIpc) is 3.44. The second-order valence-corrected chi connectivity index (χ2v) is 11.1. The highest BCUT2D eigenvalue weighted by atomic mass is 35.5. The molecule has 38 heavy (non-hydrogen) atoms. The van der Waals surface area contributed by atoms with Gasteiger partial charge in [-0.05, 0) is 92.6 Å². The number of carbonyl (C=O) groups is 2. The lowest BCUT2D eigenvalue weighted by Crippen LogP contribution is -2.46. The molecule has 1 heterocycles. The van der Waals surface area contributed by atoms with Gasteiger partial charge in [0.2, 0.25) is 5.91 Å². The Morgan fingerprint density at radius 3 is 2.26 bits per heavy atom. The van der Waals surface area contributed by atoms with Crippen LogP contribution in [0.4, 0.5) is 11.4 Å². The number of piperidine rings is 1. The van der Waals surface area contributed by atoms with Crippen molar-refractivity contribution < 1.29 is 9.59 Å². The van der Waals surface area contributed by atoms with Gasteiger partial charge >= 0.3 is 0 Å². The fraction of sp³-hybridized carbons (Fsp3) is 0.375. The fourth-order valence-corrected chi connectivity index (χ4v) is 6.05. The van der Waals surface area contributed by atoms with Crippen LogP contribution in [-0.2, 0) is 4.79 Å². The first kappa shape index (κ1) is 26.3. The Morgan fingerprint density at radius 2 is 1.55 bits per heavy atom. The van der Waals surface area contributed by atoms with E-state index in [1.54, 1.807) is 12.1 Å². The van der Waals surface area contributed by atoms with Gasteiger partial charge in [-0.25, -0.2) is 0 Å². The molecule has 2 amide bonds. The van der Waals surface area contributed by atoms with Crippen LogP contribution in [-0.4, -0.2) is 29.3 Å². The van der Waals surface area contributed by atoms with Crippen LogP contribution < -0.4 is 10.6 Å². The SMILES string of the molecule is Cc1ccc(NC(=O)C2CCCN(C(=O)c3ccccc3Cl)[C@H]2c2ccc(NC3CCCC3)cc2)cc1C. The smallest absolute Gasteiger partial charge is 0.255 e. The number of anilines is 2. The summed E-state index contributed by atoms with van der Waals surface area (Å²) in [4.78, 5) is 29.4. The van der Waals surface area contributed by atoms with Gasteiger partial charge in [0.15, 0.2) is 0 Å². The standard InChI is InChI=1S/C32H36ClN3O2/c1-21-13-16-26(20-22(21)2)35-31(37)28-11-7-19-36(32(38)27-10-5-6-12-29(27)33)30(28)23-14-17-25(18-15-23)34-24-8-3-4-9-24/h5-6,10,12-18,20,24,28,30,34H,3-4,7-9,11,19H2,1-2H3,(H,35,37)/t28?,30-/m0/s1. The quantitative estimate of drug-likeness (QED) is 0.346. The van der Waals surface area contributed by atoms with Crippen LogP contribution in [0.15, 0.2) is 66.7 Å². The minimum Gasteiger partial charge on any atom is -0.382 e. The Hall–Kier alpha value is -3.31. The van der Waals surface area contributed by atoms with Crippen LogP contribution in [0.5, 0.6) is 0 Å². The summed E-state index contributed by atoms with van der Waals surface area (Å²) < 4.78 is 0. The maximum absolute atomic E-state index is 13.8. The van der Waals surface area contributed by atoms with Gasteiger partial charge in [0.25, 0.3) is 5.91 Å². The van der Waals surface area contributed by atoms with E-state index in [4.69, 9.17) is 11.6 Å². The van der Waals surface area contributed by atoms with E-state index in [0.29, 0.717) is 29.6 Å². The summed E-state index contributed by atoms with van der Waals surface area (Å²) in [5.74, 6) is -0.592. The van der Waals surface area contributed by atoms with E-state index in [2.05, 4.69) is 41.8 Å². The van der Waals surface area contributed by atoms with E-state index in [9.17, 15) is 9.59 Å². The molecule has 1 saturated heterocycles. The second kappa shape index (κ2) is 11.6. The van der Waals surface area contributed by atoms with Gasteiger partial charge in [-0.15, -0.1) is 0 Å². The molecule has 1 saturated carbocycles. The van der Waals surface area contributed by atoms with Gasteiger partial charge in [0.1, 0.15) is 0 Å². The fourth-order valence-electron chi connectivity index (χ4n) is 5.84. The maximum Gasteiger partial charge on any atom is 0.255 e. The molecule has 0 radical (unpaired) electrons. The van der Waals surface area contributed by atoms with Gasteiger partial charge in [-0.2, -0.15) is 0 Å². The minimum absolute atomic E-state index is 0.0666. The molecule has 2 fully saturated rings. The van der Waals surface area contributed by atoms with Crippen molar-refractivity contribution in [1.82, 2.24) is 4.90 Å². The number of nitrogens with zero attached hydrogens (tertiary/aromatic N) is 1. The molecule has 2 atom stereocenters. The number of nitrogens with one attached hydrogen (secondary N) is 2. The Morgan fingerprint density at radius 1 is 0.842 bits per heavy atom. The zero-order chi connectivity index (χ0) is 26.6. The molecule has 5 nitrogen and oxygen atoms in total. The second-order valence-electron chi connectivity index (χ2n) is 10.7. The molecule has 3 aromatic carbocycles. The summed E-state index contributed by atoms with van der Waals surface area (Å²) >= 11 is 6.43. The summed E-state index contributed by atoms with van der Waals surface area (Å²) in [7, 11) is 0. The third kappa shape index (κ3) is 5.73. The lowest BCUT2D eigenvalue weighted by Gasteiger charge is -2.41. The van der Waals surface area contributed by atoms with Crippen molar-refractivity contribution in [3.63, 3.8) is 0 Å². The summed E-state index contributed by atoms with van der Waals surface area (Å²) in [5.41, 5.74) is 5.60. The first-order valence-corrected chi connectivity index (χ1v) is 14.1. The summed E-state index contributed by atoms with van der Waals surface area (Å²) in [6.45, 7) is 4.67. The molecule has 6 heteroatoms. The Balaban J connectivity index is 1.45. The normalized spacial score (nSPS) is 19.8. The van der Waals surface area contributed by atoms with Crippen LogP contribution >= 0.6 is 11.6 Å². The molecule has 1 aliphatic carbocycles. The Kier molecular flexibility index (Phi) is 8.04.